The quantitative estimate of drug-likeness (QED) is 0.597. The average Bonchev–Trinajstić information content (AvgIpc) is 2.49. The minimum Gasteiger partial charge on any atom is -0.294 e. The van der Waals surface area contributed by atoms with Crippen LogP contribution in [-0.2, 0) is 6.42 Å². The fraction of sp³-hybridized carbons (Fsp3) is 0.250. The van der Waals surface area contributed by atoms with E-state index in [2.05, 4.69) is 16.9 Å². The number of rotatable bonds is 6. The topological polar surface area (TPSA) is 59.9 Å². The van der Waals surface area contributed by atoms with Gasteiger partial charge >= 0.3 is 0 Å². The van der Waals surface area contributed by atoms with Gasteiger partial charge in [0, 0.05) is 18.0 Å². The van der Waals surface area contributed by atoms with Crippen molar-refractivity contribution in [3.63, 3.8) is 0 Å². The maximum absolute atomic E-state index is 12.0. The van der Waals surface area contributed by atoms with Crippen LogP contribution in [0.5, 0.6) is 0 Å². The zero-order chi connectivity index (χ0) is 14.4. The second-order valence-corrected chi connectivity index (χ2v) is 4.54. The standard InChI is InChI=1S/C16H16N2O2/c1-2-4-12-5-7-13(8-6-12)14(19)11-15(20)16-17-9-3-10-18-16/h3,5-10H,2,4,11H2,1H3. The average molecular weight is 268 g/mol. The summed E-state index contributed by atoms with van der Waals surface area (Å²) in [7, 11) is 0. The van der Waals surface area contributed by atoms with E-state index in [9.17, 15) is 9.59 Å². The first-order valence-electron chi connectivity index (χ1n) is 6.63. The van der Waals surface area contributed by atoms with Crippen molar-refractivity contribution in [3.05, 3.63) is 59.7 Å². The number of nitrogens with zero attached hydrogens (tertiary/aromatic N) is 2. The summed E-state index contributed by atoms with van der Waals surface area (Å²) in [4.78, 5) is 31.6. The first kappa shape index (κ1) is 14.1. The van der Waals surface area contributed by atoms with Gasteiger partial charge in [0.05, 0.1) is 6.42 Å². The van der Waals surface area contributed by atoms with Crippen LogP contribution in [0.25, 0.3) is 0 Å². The van der Waals surface area contributed by atoms with E-state index < -0.39 is 0 Å². The highest BCUT2D eigenvalue weighted by Gasteiger charge is 2.15. The highest BCUT2D eigenvalue weighted by Crippen LogP contribution is 2.10. The molecule has 0 amide bonds. The Hall–Kier alpha value is -2.36. The molecule has 4 heteroatoms. The molecule has 1 heterocycles. The zero-order valence-electron chi connectivity index (χ0n) is 11.4. The summed E-state index contributed by atoms with van der Waals surface area (Å²) in [6.07, 6.45) is 4.84. The third kappa shape index (κ3) is 3.57. The van der Waals surface area contributed by atoms with Crippen molar-refractivity contribution < 1.29 is 9.59 Å². The van der Waals surface area contributed by atoms with E-state index in [1.54, 1.807) is 18.2 Å². The first-order valence-corrected chi connectivity index (χ1v) is 6.63. The fourth-order valence-electron chi connectivity index (χ4n) is 1.92. The molecule has 0 saturated heterocycles. The molecule has 0 radical (unpaired) electrons. The van der Waals surface area contributed by atoms with Gasteiger partial charge in [0.25, 0.3) is 0 Å². The number of carbonyl (C=O) groups excluding carboxylic acids is 2. The van der Waals surface area contributed by atoms with Crippen molar-refractivity contribution in [1.82, 2.24) is 9.97 Å². The lowest BCUT2D eigenvalue weighted by Gasteiger charge is -2.02. The number of carbonyl (C=O) groups is 2. The molecular weight excluding hydrogens is 252 g/mol. The predicted octanol–water partition coefficient (Wildman–Crippen LogP) is 2.88. The van der Waals surface area contributed by atoms with Crippen LogP contribution in [0.3, 0.4) is 0 Å². The number of aryl methyl sites for hydroxylation is 1. The molecule has 0 atom stereocenters. The van der Waals surface area contributed by atoms with Gasteiger partial charge < -0.3 is 0 Å². The Morgan fingerprint density at radius 1 is 1.00 bits per heavy atom. The Bertz CT molecular complexity index is 592. The van der Waals surface area contributed by atoms with Crippen LogP contribution in [0.4, 0.5) is 0 Å². The number of ketones is 2. The van der Waals surface area contributed by atoms with E-state index in [-0.39, 0.29) is 23.8 Å². The number of hydrogen-bond acceptors (Lipinski definition) is 4. The third-order valence-electron chi connectivity index (χ3n) is 2.95. The van der Waals surface area contributed by atoms with Gasteiger partial charge in [-0.05, 0) is 18.1 Å². The van der Waals surface area contributed by atoms with Crippen molar-refractivity contribution in [1.29, 1.82) is 0 Å². The van der Waals surface area contributed by atoms with Gasteiger partial charge in [0.1, 0.15) is 0 Å². The third-order valence-corrected chi connectivity index (χ3v) is 2.95. The van der Waals surface area contributed by atoms with E-state index in [0.29, 0.717) is 5.56 Å². The van der Waals surface area contributed by atoms with Gasteiger partial charge in [-0.1, -0.05) is 37.6 Å². The summed E-state index contributed by atoms with van der Waals surface area (Å²) in [5.74, 6) is -0.470. The van der Waals surface area contributed by atoms with Gasteiger partial charge in [0.2, 0.25) is 5.78 Å². The normalized spacial score (nSPS) is 10.2. The van der Waals surface area contributed by atoms with Crippen LogP contribution in [0.2, 0.25) is 0 Å². The van der Waals surface area contributed by atoms with Gasteiger partial charge in [-0.25, -0.2) is 9.97 Å². The van der Waals surface area contributed by atoms with Crippen LogP contribution >= 0.6 is 0 Å². The molecule has 4 nitrogen and oxygen atoms in total. The van der Waals surface area contributed by atoms with Crippen molar-refractivity contribution in [3.8, 4) is 0 Å². The molecule has 2 rings (SSSR count). The second kappa shape index (κ2) is 6.70. The molecule has 0 N–H and O–H groups in total. The number of benzene rings is 1. The Morgan fingerprint density at radius 3 is 2.25 bits per heavy atom. The first-order chi connectivity index (χ1) is 9.70. The lowest BCUT2D eigenvalue weighted by atomic mass is 10.0. The highest BCUT2D eigenvalue weighted by atomic mass is 16.1. The zero-order valence-corrected chi connectivity index (χ0v) is 11.4. The van der Waals surface area contributed by atoms with Gasteiger partial charge in [-0.3, -0.25) is 9.59 Å². The number of Topliss-reactive ketones (excluding diaryl/α,β-unsaturated/α-hetero) is 2. The Balaban J connectivity index is 2.03. The fourth-order valence-corrected chi connectivity index (χ4v) is 1.92. The SMILES string of the molecule is CCCc1ccc(C(=O)CC(=O)c2ncccn2)cc1. The Morgan fingerprint density at radius 2 is 1.65 bits per heavy atom. The van der Waals surface area contributed by atoms with E-state index in [1.807, 2.05) is 12.1 Å². The summed E-state index contributed by atoms with van der Waals surface area (Å²) in [6, 6.07) is 9.03. The van der Waals surface area contributed by atoms with Gasteiger partial charge in [0.15, 0.2) is 11.6 Å². The predicted molar refractivity (Wildman–Crippen MR) is 75.7 cm³/mol. The molecule has 0 unspecified atom stereocenters. The molecule has 0 aliphatic rings. The Kier molecular flexibility index (Phi) is 4.71. The van der Waals surface area contributed by atoms with Crippen LogP contribution < -0.4 is 0 Å². The maximum Gasteiger partial charge on any atom is 0.207 e. The molecule has 1 aromatic heterocycles. The van der Waals surface area contributed by atoms with Crippen LogP contribution in [0.1, 0.15) is 46.3 Å². The van der Waals surface area contributed by atoms with E-state index in [1.165, 1.54) is 18.0 Å². The molecule has 0 aliphatic carbocycles. The number of hydrogen-bond donors (Lipinski definition) is 0. The Labute approximate surface area is 117 Å². The maximum atomic E-state index is 12.0. The van der Waals surface area contributed by atoms with Gasteiger partial charge in [-0.2, -0.15) is 0 Å². The molecule has 102 valence electrons. The monoisotopic (exact) mass is 268 g/mol. The molecule has 0 aliphatic heterocycles. The molecule has 0 bridgehead atoms. The lowest BCUT2D eigenvalue weighted by Crippen LogP contribution is -2.11. The molecule has 1 aromatic carbocycles. The minimum atomic E-state index is -0.353. The molecule has 0 saturated carbocycles. The molecular formula is C16H16N2O2. The number of aromatic nitrogens is 2. The molecule has 2 aromatic rings. The molecule has 0 spiro atoms. The van der Waals surface area contributed by atoms with Crippen LogP contribution in [-0.4, -0.2) is 21.5 Å². The molecule has 0 fully saturated rings. The van der Waals surface area contributed by atoms with E-state index in [4.69, 9.17) is 0 Å². The van der Waals surface area contributed by atoms with Crippen molar-refractivity contribution >= 4 is 11.6 Å². The summed E-state index contributed by atoms with van der Waals surface area (Å²) in [6.45, 7) is 2.11. The van der Waals surface area contributed by atoms with Gasteiger partial charge in [-0.15, -0.1) is 0 Å². The van der Waals surface area contributed by atoms with Crippen LogP contribution in [0, 0.1) is 0 Å². The summed E-state index contributed by atoms with van der Waals surface area (Å²) < 4.78 is 0. The summed E-state index contributed by atoms with van der Waals surface area (Å²) in [5.41, 5.74) is 1.75. The van der Waals surface area contributed by atoms with Crippen LogP contribution in [0.15, 0.2) is 42.7 Å². The van der Waals surface area contributed by atoms with Crippen molar-refractivity contribution in [2.24, 2.45) is 0 Å². The van der Waals surface area contributed by atoms with Crippen molar-refractivity contribution in [2.75, 3.05) is 0 Å². The summed E-state index contributed by atoms with van der Waals surface area (Å²) in [5, 5.41) is 0. The van der Waals surface area contributed by atoms with E-state index >= 15 is 0 Å². The van der Waals surface area contributed by atoms with Crippen molar-refractivity contribution in [2.45, 2.75) is 26.2 Å². The minimum absolute atomic E-state index is 0.0865. The largest absolute Gasteiger partial charge is 0.294 e. The van der Waals surface area contributed by atoms with E-state index in [0.717, 1.165) is 12.8 Å². The molecule has 20 heavy (non-hydrogen) atoms. The lowest BCUT2D eigenvalue weighted by molar-refractivity contribution is 0.0888. The smallest absolute Gasteiger partial charge is 0.207 e. The summed E-state index contributed by atoms with van der Waals surface area (Å²) >= 11 is 0. The second-order valence-electron chi connectivity index (χ2n) is 4.54. The highest BCUT2D eigenvalue weighted by molar-refractivity contribution is 6.12.